The van der Waals surface area contributed by atoms with Crippen molar-refractivity contribution in [3.05, 3.63) is 46.8 Å². The summed E-state index contributed by atoms with van der Waals surface area (Å²) >= 11 is 0. The SMILES string of the molecule is CC(C)Oc1cc2c(c(F)c1N1CCC(N3CCOCC3)CC1)N(C(C)C)c1[nH]c3cc(C#N)ccc3c1C2. The molecule has 0 saturated carbocycles. The molecule has 0 amide bonds. The highest BCUT2D eigenvalue weighted by Crippen LogP contribution is 2.49. The molecular formula is C31H38FN5O2. The number of nitrogens with zero attached hydrogens (tertiary/aromatic N) is 4. The summed E-state index contributed by atoms with van der Waals surface area (Å²) in [5.74, 6) is 1.34. The van der Waals surface area contributed by atoms with Crippen molar-refractivity contribution >= 4 is 28.1 Å². The van der Waals surface area contributed by atoms with Gasteiger partial charge in [0, 0.05) is 61.1 Å². The molecule has 206 valence electrons. The standard InChI is InChI=1S/C31H38FN5O2/c1-19(2)37-29-22(16-25-24-6-5-21(18-33)15-26(24)34-31(25)37)17-27(39-20(3)4)30(28(29)32)36-9-7-23(8-10-36)35-11-13-38-14-12-35/h5-6,15,17,19-20,23,34H,7-14,16H2,1-4H3. The summed E-state index contributed by atoms with van der Waals surface area (Å²) in [7, 11) is 0. The minimum Gasteiger partial charge on any atom is -0.489 e. The number of anilines is 3. The van der Waals surface area contributed by atoms with Crippen LogP contribution in [-0.2, 0) is 11.2 Å². The molecule has 0 unspecified atom stereocenters. The van der Waals surface area contributed by atoms with E-state index in [2.05, 4.69) is 45.7 Å². The average Bonchev–Trinajstić information content (AvgIpc) is 3.29. The molecule has 2 aromatic carbocycles. The van der Waals surface area contributed by atoms with Gasteiger partial charge in [-0.1, -0.05) is 6.07 Å². The van der Waals surface area contributed by atoms with Crippen LogP contribution in [0, 0.1) is 17.1 Å². The van der Waals surface area contributed by atoms with Crippen LogP contribution in [0.2, 0.25) is 0 Å². The van der Waals surface area contributed by atoms with E-state index in [0.717, 1.165) is 80.1 Å². The fourth-order valence-electron chi connectivity index (χ4n) is 6.60. The summed E-state index contributed by atoms with van der Waals surface area (Å²) in [6.45, 7) is 13.3. The monoisotopic (exact) mass is 531 g/mol. The van der Waals surface area contributed by atoms with Gasteiger partial charge in [-0.15, -0.1) is 0 Å². The van der Waals surface area contributed by atoms with Crippen LogP contribution in [-0.4, -0.2) is 67.5 Å². The van der Waals surface area contributed by atoms with Crippen LogP contribution in [0.3, 0.4) is 0 Å². The van der Waals surface area contributed by atoms with Crippen molar-refractivity contribution in [1.29, 1.82) is 5.26 Å². The van der Waals surface area contributed by atoms with Crippen molar-refractivity contribution in [3.63, 3.8) is 0 Å². The molecule has 7 nitrogen and oxygen atoms in total. The zero-order valence-electron chi connectivity index (χ0n) is 23.4. The lowest BCUT2D eigenvalue weighted by molar-refractivity contribution is 0.0114. The molecule has 3 aliphatic heterocycles. The first-order valence-electron chi connectivity index (χ1n) is 14.3. The summed E-state index contributed by atoms with van der Waals surface area (Å²) in [4.78, 5) is 10.4. The maximum Gasteiger partial charge on any atom is 0.174 e. The highest BCUT2D eigenvalue weighted by molar-refractivity contribution is 5.94. The molecule has 0 aliphatic carbocycles. The summed E-state index contributed by atoms with van der Waals surface area (Å²) in [6.07, 6.45) is 2.53. The van der Waals surface area contributed by atoms with Gasteiger partial charge in [0.15, 0.2) is 5.82 Å². The van der Waals surface area contributed by atoms with Crippen molar-refractivity contribution in [1.82, 2.24) is 9.88 Å². The van der Waals surface area contributed by atoms with Crippen molar-refractivity contribution in [2.75, 3.05) is 49.2 Å². The number of piperidine rings is 1. The summed E-state index contributed by atoms with van der Waals surface area (Å²) < 4.78 is 28.8. The first-order chi connectivity index (χ1) is 18.9. The van der Waals surface area contributed by atoms with E-state index >= 15 is 4.39 Å². The van der Waals surface area contributed by atoms with Gasteiger partial charge in [-0.05, 0) is 64.3 Å². The maximum absolute atomic E-state index is 16.9. The second-order valence-electron chi connectivity index (χ2n) is 11.5. The van der Waals surface area contributed by atoms with Crippen molar-refractivity contribution in [3.8, 4) is 11.8 Å². The van der Waals surface area contributed by atoms with Crippen LogP contribution in [0.4, 0.5) is 21.6 Å². The lowest BCUT2D eigenvalue weighted by Crippen LogP contribution is -2.49. The minimum absolute atomic E-state index is 0.0255. The maximum atomic E-state index is 16.9. The first kappa shape index (κ1) is 26.0. The van der Waals surface area contributed by atoms with E-state index in [1.165, 1.54) is 0 Å². The largest absolute Gasteiger partial charge is 0.489 e. The molecule has 2 saturated heterocycles. The van der Waals surface area contributed by atoms with Crippen molar-refractivity contribution in [2.24, 2.45) is 0 Å². The van der Waals surface area contributed by atoms with Gasteiger partial charge >= 0.3 is 0 Å². The number of nitrogens with one attached hydrogen (secondary N) is 1. The van der Waals surface area contributed by atoms with Gasteiger partial charge < -0.3 is 24.3 Å². The van der Waals surface area contributed by atoms with Gasteiger partial charge in [0.05, 0.1) is 36.6 Å². The van der Waals surface area contributed by atoms with Crippen LogP contribution < -0.4 is 14.5 Å². The number of nitriles is 1. The van der Waals surface area contributed by atoms with Crippen LogP contribution in [0.5, 0.6) is 5.75 Å². The van der Waals surface area contributed by atoms with E-state index in [0.29, 0.717) is 35.2 Å². The number of aromatic amines is 1. The lowest BCUT2D eigenvalue weighted by Gasteiger charge is -2.42. The third-order valence-electron chi connectivity index (χ3n) is 8.34. The summed E-state index contributed by atoms with van der Waals surface area (Å²) in [6, 6.07) is 10.6. The number of halogens is 1. The van der Waals surface area contributed by atoms with Gasteiger partial charge in [-0.3, -0.25) is 4.90 Å². The number of benzene rings is 2. The quantitative estimate of drug-likeness (QED) is 0.454. The number of hydrogen-bond acceptors (Lipinski definition) is 6. The Labute approximate surface area is 230 Å². The van der Waals surface area contributed by atoms with Crippen LogP contribution in [0.1, 0.15) is 57.2 Å². The second kappa shape index (κ2) is 10.4. The molecule has 0 radical (unpaired) electrons. The fraction of sp³-hybridized carbons (Fsp3) is 0.516. The van der Waals surface area contributed by atoms with Gasteiger partial charge in [0.25, 0.3) is 0 Å². The molecule has 0 spiro atoms. The molecular weight excluding hydrogens is 493 g/mol. The third-order valence-corrected chi connectivity index (χ3v) is 8.34. The molecule has 0 bridgehead atoms. The molecule has 3 aromatic rings. The predicted molar refractivity (Wildman–Crippen MR) is 153 cm³/mol. The van der Waals surface area contributed by atoms with E-state index in [9.17, 15) is 5.26 Å². The zero-order chi connectivity index (χ0) is 27.3. The first-order valence-corrected chi connectivity index (χ1v) is 14.3. The van der Waals surface area contributed by atoms with Gasteiger partial charge in [0.1, 0.15) is 17.3 Å². The molecule has 8 heteroatoms. The Bertz CT molecular complexity index is 1410. The van der Waals surface area contributed by atoms with Crippen LogP contribution in [0.25, 0.3) is 10.9 Å². The fourth-order valence-corrected chi connectivity index (χ4v) is 6.60. The molecule has 0 atom stereocenters. The van der Waals surface area contributed by atoms with E-state index in [4.69, 9.17) is 9.47 Å². The predicted octanol–water partition coefficient (Wildman–Crippen LogP) is 5.72. The third kappa shape index (κ3) is 4.62. The summed E-state index contributed by atoms with van der Waals surface area (Å²) in [5, 5.41) is 10.5. The van der Waals surface area contributed by atoms with Crippen LogP contribution >= 0.6 is 0 Å². The molecule has 3 aliphatic rings. The highest BCUT2D eigenvalue weighted by atomic mass is 19.1. The highest BCUT2D eigenvalue weighted by Gasteiger charge is 2.36. The molecule has 6 rings (SSSR count). The second-order valence-corrected chi connectivity index (χ2v) is 11.5. The zero-order valence-corrected chi connectivity index (χ0v) is 23.4. The number of rotatable bonds is 5. The molecule has 1 aromatic heterocycles. The number of aromatic nitrogens is 1. The van der Waals surface area contributed by atoms with E-state index in [1.807, 2.05) is 32.0 Å². The van der Waals surface area contributed by atoms with Gasteiger partial charge in [-0.2, -0.15) is 5.26 Å². The Morgan fingerprint density at radius 1 is 1.05 bits per heavy atom. The Morgan fingerprint density at radius 2 is 1.79 bits per heavy atom. The average molecular weight is 532 g/mol. The van der Waals surface area contributed by atoms with Crippen molar-refractivity contribution in [2.45, 2.75) is 65.1 Å². The minimum atomic E-state index is -0.205. The van der Waals surface area contributed by atoms with Gasteiger partial charge in [0.2, 0.25) is 0 Å². The van der Waals surface area contributed by atoms with Crippen LogP contribution in [0.15, 0.2) is 24.3 Å². The van der Waals surface area contributed by atoms with Crippen molar-refractivity contribution < 1.29 is 13.9 Å². The number of hydrogen-bond donors (Lipinski definition) is 1. The topological polar surface area (TPSA) is 67.8 Å². The Kier molecular flexibility index (Phi) is 6.90. The number of H-pyrrole nitrogens is 1. The lowest BCUT2D eigenvalue weighted by atomic mass is 9.93. The van der Waals surface area contributed by atoms with E-state index in [1.54, 1.807) is 0 Å². The Balaban J connectivity index is 1.41. The number of fused-ring (bicyclic) bond motifs is 4. The number of morpholine rings is 1. The molecule has 39 heavy (non-hydrogen) atoms. The Morgan fingerprint density at radius 3 is 2.46 bits per heavy atom. The Hall–Kier alpha value is -3.28. The summed E-state index contributed by atoms with van der Waals surface area (Å²) in [5.41, 5.74) is 4.79. The molecule has 4 heterocycles. The molecule has 1 N–H and O–H groups in total. The smallest absolute Gasteiger partial charge is 0.174 e. The molecule has 2 fully saturated rings. The van der Waals surface area contributed by atoms with E-state index in [-0.39, 0.29) is 18.0 Å². The van der Waals surface area contributed by atoms with Gasteiger partial charge in [-0.25, -0.2) is 4.39 Å². The normalized spacial score (nSPS) is 18.5. The number of ether oxygens (including phenoxy) is 2. The van der Waals surface area contributed by atoms with E-state index < -0.39 is 0 Å².